The van der Waals surface area contributed by atoms with Crippen LogP contribution in [0.15, 0.2) is 16.7 Å². The number of likely N-dealkylation sites (tertiary alicyclic amines) is 1. The lowest BCUT2D eigenvalue weighted by Crippen LogP contribution is -2.29. The average Bonchev–Trinajstić information content (AvgIpc) is 3.05. The van der Waals surface area contributed by atoms with Gasteiger partial charge in [-0.15, -0.1) is 0 Å². The molecule has 1 aliphatic heterocycles. The van der Waals surface area contributed by atoms with Gasteiger partial charge in [0.05, 0.1) is 19.9 Å². The zero-order valence-electron chi connectivity index (χ0n) is 11.3. The molecule has 0 radical (unpaired) electrons. The van der Waals surface area contributed by atoms with Crippen LogP contribution >= 0.6 is 0 Å². The summed E-state index contributed by atoms with van der Waals surface area (Å²) in [5, 5.41) is 8.92. The van der Waals surface area contributed by atoms with Crippen molar-refractivity contribution in [2.75, 3.05) is 20.3 Å². The maximum absolute atomic E-state index is 11.6. The standard InChI is InChI=1S/C14H21NO4/c1-18-14(17)12-6-9-19-13(12)10-15-7-2-4-11(15)5-3-8-16/h6,9,11,16H,2-5,7-8,10H2,1H3. The van der Waals surface area contributed by atoms with Crippen molar-refractivity contribution in [2.24, 2.45) is 0 Å². The topological polar surface area (TPSA) is 62.9 Å². The molecular weight excluding hydrogens is 246 g/mol. The molecule has 0 bridgehead atoms. The largest absolute Gasteiger partial charge is 0.467 e. The number of hydrogen-bond donors (Lipinski definition) is 1. The fourth-order valence-electron chi connectivity index (χ4n) is 2.70. The number of rotatable bonds is 6. The third-order valence-corrected chi connectivity index (χ3v) is 3.69. The van der Waals surface area contributed by atoms with Crippen LogP contribution in [-0.4, -0.2) is 42.3 Å². The summed E-state index contributed by atoms with van der Waals surface area (Å²) < 4.78 is 10.2. The van der Waals surface area contributed by atoms with Crippen LogP contribution in [0.1, 0.15) is 41.8 Å². The highest BCUT2D eigenvalue weighted by Gasteiger charge is 2.26. The highest BCUT2D eigenvalue weighted by Crippen LogP contribution is 2.25. The Labute approximate surface area is 113 Å². The molecule has 5 heteroatoms. The molecule has 0 amide bonds. The predicted molar refractivity (Wildman–Crippen MR) is 69.8 cm³/mol. The summed E-state index contributed by atoms with van der Waals surface area (Å²) in [5.41, 5.74) is 0.510. The van der Waals surface area contributed by atoms with E-state index >= 15 is 0 Å². The Morgan fingerprint density at radius 3 is 3.21 bits per heavy atom. The van der Waals surface area contributed by atoms with Crippen molar-refractivity contribution in [3.63, 3.8) is 0 Å². The monoisotopic (exact) mass is 267 g/mol. The average molecular weight is 267 g/mol. The van der Waals surface area contributed by atoms with Gasteiger partial charge in [0.1, 0.15) is 11.3 Å². The Morgan fingerprint density at radius 2 is 2.47 bits per heavy atom. The molecule has 0 saturated carbocycles. The Hall–Kier alpha value is -1.33. The van der Waals surface area contributed by atoms with Crippen molar-refractivity contribution in [1.82, 2.24) is 4.90 Å². The second-order valence-electron chi connectivity index (χ2n) is 4.88. The summed E-state index contributed by atoms with van der Waals surface area (Å²) in [6.07, 6.45) is 5.65. The summed E-state index contributed by atoms with van der Waals surface area (Å²) in [7, 11) is 1.37. The van der Waals surface area contributed by atoms with Crippen LogP contribution in [0.5, 0.6) is 0 Å². The summed E-state index contributed by atoms with van der Waals surface area (Å²) in [4.78, 5) is 13.9. The number of carbonyl (C=O) groups excluding carboxylic acids is 1. The number of nitrogens with zero attached hydrogens (tertiary/aromatic N) is 1. The fourth-order valence-corrected chi connectivity index (χ4v) is 2.70. The zero-order valence-corrected chi connectivity index (χ0v) is 11.3. The second kappa shape index (κ2) is 6.73. The molecule has 1 aliphatic rings. The van der Waals surface area contributed by atoms with Crippen LogP contribution in [0.25, 0.3) is 0 Å². The minimum Gasteiger partial charge on any atom is -0.467 e. The van der Waals surface area contributed by atoms with Gasteiger partial charge in [-0.1, -0.05) is 0 Å². The highest BCUT2D eigenvalue weighted by atomic mass is 16.5. The van der Waals surface area contributed by atoms with E-state index in [4.69, 9.17) is 14.3 Å². The number of esters is 1. The first kappa shape index (κ1) is 14.1. The van der Waals surface area contributed by atoms with Crippen molar-refractivity contribution in [1.29, 1.82) is 0 Å². The Bertz CT molecular complexity index is 415. The van der Waals surface area contributed by atoms with E-state index in [9.17, 15) is 4.79 Å². The Morgan fingerprint density at radius 1 is 1.63 bits per heavy atom. The molecule has 0 aliphatic carbocycles. The smallest absolute Gasteiger partial charge is 0.341 e. The van der Waals surface area contributed by atoms with E-state index in [1.54, 1.807) is 6.07 Å². The molecule has 19 heavy (non-hydrogen) atoms. The molecule has 0 aromatic carbocycles. The third-order valence-electron chi connectivity index (χ3n) is 3.69. The molecular formula is C14H21NO4. The van der Waals surface area contributed by atoms with Gasteiger partial charge in [0, 0.05) is 12.6 Å². The van der Waals surface area contributed by atoms with Gasteiger partial charge in [0.2, 0.25) is 0 Å². The first-order chi connectivity index (χ1) is 9.26. The van der Waals surface area contributed by atoms with E-state index in [1.807, 2.05) is 0 Å². The number of hydrogen-bond acceptors (Lipinski definition) is 5. The Kier molecular flexibility index (Phi) is 4.99. The van der Waals surface area contributed by atoms with Crippen molar-refractivity contribution >= 4 is 5.97 Å². The first-order valence-corrected chi connectivity index (χ1v) is 6.76. The molecule has 2 heterocycles. The number of aliphatic hydroxyl groups is 1. The third kappa shape index (κ3) is 3.36. The summed E-state index contributed by atoms with van der Waals surface area (Å²) in [5.74, 6) is 0.317. The second-order valence-corrected chi connectivity index (χ2v) is 4.88. The highest BCUT2D eigenvalue weighted by molar-refractivity contribution is 5.90. The van der Waals surface area contributed by atoms with Gasteiger partial charge in [0.25, 0.3) is 0 Å². The van der Waals surface area contributed by atoms with E-state index in [1.165, 1.54) is 13.4 Å². The summed E-state index contributed by atoms with van der Waals surface area (Å²) >= 11 is 0. The number of carbonyl (C=O) groups is 1. The molecule has 106 valence electrons. The van der Waals surface area contributed by atoms with E-state index in [-0.39, 0.29) is 12.6 Å². The maximum atomic E-state index is 11.6. The molecule has 2 rings (SSSR count). The number of furan rings is 1. The van der Waals surface area contributed by atoms with E-state index < -0.39 is 0 Å². The lowest BCUT2D eigenvalue weighted by Gasteiger charge is -2.23. The van der Waals surface area contributed by atoms with Crippen LogP contribution in [-0.2, 0) is 11.3 Å². The van der Waals surface area contributed by atoms with Crippen molar-refractivity contribution in [3.05, 3.63) is 23.7 Å². The quantitative estimate of drug-likeness (QED) is 0.796. The molecule has 1 saturated heterocycles. The molecule has 1 aromatic heterocycles. The fraction of sp³-hybridized carbons (Fsp3) is 0.643. The van der Waals surface area contributed by atoms with Crippen LogP contribution < -0.4 is 0 Å². The van der Waals surface area contributed by atoms with Crippen LogP contribution in [0.3, 0.4) is 0 Å². The number of aliphatic hydroxyl groups excluding tert-OH is 1. The van der Waals surface area contributed by atoms with Gasteiger partial charge < -0.3 is 14.3 Å². The maximum Gasteiger partial charge on any atom is 0.341 e. The van der Waals surface area contributed by atoms with Gasteiger partial charge in [-0.05, 0) is 38.3 Å². The molecule has 5 nitrogen and oxygen atoms in total. The number of methoxy groups -OCH3 is 1. The van der Waals surface area contributed by atoms with Crippen molar-refractivity contribution in [3.8, 4) is 0 Å². The van der Waals surface area contributed by atoms with Crippen LogP contribution in [0.4, 0.5) is 0 Å². The minimum atomic E-state index is -0.352. The molecule has 1 aromatic rings. The van der Waals surface area contributed by atoms with Crippen LogP contribution in [0.2, 0.25) is 0 Å². The molecule has 1 N–H and O–H groups in total. The van der Waals surface area contributed by atoms with Gasteiger partial charge in [-0.2, -0.15) is 0 Å². The van der Waals surface area contributed by atoms with Gasteiger partial charge in [-0.25, -0.2) is 4.79 Å². The molecule has 0 spiro atoms. The van der Waals surface area contributed by atoms with Gasteiger partial charge in [0.15, 0.2) is 0 Å². The molecule has 1 atom stereocenters. The van der Waals surface area contributed by atoms with Gasteiger partial charge >= 0.3 is 5.97 Å². The summed E-state index contributed by atoms with van der Waals surface area (Å²) in [6, 6.07) is 2.13. The first-order valence-electron chi connectivity index (χ1n) is 6.76. The lowest BCUT2D eigenvalue weighted by atomic mass is 10.1. The molecule has 1 unspecified atom stereocenters. The van der Waals surface area contributed by atoms with Crippen molar-refractivity contribution in [2.45, 2.75) is 38.3 Å². The summed E-state index contributed by atoms with van der Waals surface area (Å²) in [6.45, 7) is 1.88. The Balaban J connectivity index is 2.00. The zero-order chi connectivity index (χ0) is 13.7. The van der Waals surface area contributed by atoms with E-state index in [2.05, 4.69) is 4.90 Å². The van der Waals surface area contributed by atoms with Gasteiger partial charge in [-0.3, -0.25) is 4.90 Å². The minimum absolute atomic E-state index is 0.235. The number of ether oxygens (including phenoxy) is 1. The SMILES string of the molecule is COC(=O)c1ccoc1CN1CCCC1CCCO. The van der Waals surface area contributed by atoms with Crippen LogP contribution in [0, 0.1) is 0 Å². The normalized spacial score (nSPS) is 19.8. The lowest BCUT2D eigenvalue weighted by molar-refractivity contribution is 0.0596. The molecule has 1 fully saturated rings. The predicted octanol–water partition coefficient (Wildman–Crippen LogP) is 1.80. The van der Waals surface area contributed by atoms with Crippen molar-refractivity contribution < 1.29 is 19.1 Å². The van der Waals surface area contributed by atoms with E-state index in [0.29, 0.717) is 23.9 Å². The van der Waals surface area contributed by atoms with E-state index in [0.717, 1.165) is 32.2 Å².